The van der Waals surface area contributed by atoms with Gasteiger partial charge in [0.05, 0.1) is 23.7 Å². The molecular formula is C16H19ClN2O. The van der Waals surface area contributed by atoms with Crippen molar-refractivity contribution in [3.8, 4) is 0 Å². The number of pyridine rings is 1. The summed E-state index contributed by atoms with van der Waals surface area (Å²) in [5.74, 6) is 0. The fraction of sp³-hybridized carbons (Fsp3) is 0.312. The lowest BCUT2D eigenvalue weighted by Crippen LogP contribution is -2.16. The van der Waals surface area contributed by atoms with Crippen molar-refractivity contribution in [2.75, 3.05) is 11.9 Å². The van der Waals surface area contributed by atoms with E-state index in [0.717, 1.165) is 22.8 Å². The number of aliphatic hydroxyl groups excluding tert-OH is 1. The standard InChI is InChI=1S/C16H19ClN2O/c1-3-16(20)15-8-7-14(10-18-15)19(2)11-12-5-4-6-13(17)9-12/h4-10,16,20H,3,11H2,1-2H3. The normalized spacial score (nSPS) is 12.2. The first kappa shape index (κ1) is 14.8. The van der Waals surface area contributed by atoms with Crippen molar-refractivity contribution in [3.05, 3.63) is 58.9 Å². The molecule has 20 heavy (non-hydrogen) atoms. The quantitative estimate of drug-likeness (QED) is 0.909. The summed E-state index contributed by atoms with van der Waals surface area (Å²) in [6, 6.07) is 11.7. The second-order valence-electron chi connectivity index (χ2n) is 4.85. The summed E-state index contributed by atoms with van der Waals surface area (Å²) < 4.78 is 0. The molecule has 1 aromatic heterocycles. The van der Waals surface area contributed by atoms with E-state index >= 15 is 0 Å². The minimum Gasteiger partial charge on any atom is -0.387 e. The summed E-state index contributed by atoms with van der Waals surface area (Å²) in [5, 5.41) is 10.5. The average Bonchev–Trinajstić information content (AvgIpc) is 2.46. The van der Waals surface area contributed by atoms with Gasteiger partial charge in [0.25, 0.3) is 0 Å². The molecule has 0 spiro atoms. The van der Waals surface area contributed by atoms with E-state index < -0.39 is 6.10 Å². The minimum atomic E-state index is -0.484. The average molecular weight is 291 g/mol. The van der Waals surface area contributed by atoms with Crippen LogP contribution < -0.4 is 4.90 Å². The monoisotopic (exact) mass is 290 g/mol. The van der Waals surface area contributed by atoms with Crippen LogP contribution in [0.3, 0.4) is 0 Å². The largest absolute Gasteiger partial charge is 0.387 e. The molecule has 0 radical (unpaired) electrons. The summed E-state index contributed by atoms with van der Waals surface area (Å²) in [7, 11) is 2.01. The lowest BCUT2D eigenvalue weighted by Gasteiger charge is -2.19. The van der Waals surface area contributed by atoms with E-state index in [1.807, 2.05) is 50.4 Å². The molecule has 4 heteroatoms. The van der Waals surface area contributed by atoms with Crippen molar-refractivity contribution in [2.24, 2.45) is 0 Å². The summed E-state index contributed by atoms with van der Waals surface area (Å²) in [6.07, 6.45) is 1.98. The predicted molar refractivity (Wildman–Crippen MR) is 83.0 cm³/mol. The smallest absolute Gasteiger partial charge is 0.0957 e. The molecule has 0 aliphatic heterocycles. The molecule has 1 atom stereocenters. The molecule has 1 aromatic carbocycles. The second-order valence-corrected chi connectivity index (χ2v) is 5.29. The molecule has 3 nitrogen and oxygen atoms in total. The van der Waals surface area contributed by atoms with Crippen molar-refractivity contribution in [1.29, 1.82) is 0 Å². The van der Waals surface area contributed by atoms with E-state index in [9.17, 15) is 5.11 Å². The molecule has 106 valence electrons. The summed E-state index contributed by atoms with van der Waals surface area (Å²) >= 11 is 5.99. The van der Waals surface area contributed by atoms with Crippen LogP contribution in [0.1, 0.15) is 30.7 Å². The number of hydrogen-bond acceptors (Lipinski definition) is 3. The molecule has 1 N–H and O–H groups in total. The van der Waals surface area contributed by atoms with Gasteiger partial charge in [0.1, 0.15) is 0 Å². The molecular weight excluding hydrogens is 272 g/mol. The van der Waals surface area contributed by atoms with Crippen LogP contribution in [0.5, 0.6) is 0 Å². The third-order valence-electron chi connectivity index (χ3n) is 3.25. The van der Waals surface area contributed by atoms with E-state index in [0.29, 0.717) is 12.1 Å². The Morgan fingerprint density at radius 2 is 2.10 bits per heavy atom. The number of hydrogen-bond donors (Lipinski definition) is 1. The maximum Gasteiger partial charge on any atom is 0.0957 e. The third-order valence-corrected chi connectivity index (χ3v) is 3.48. The van der Waals surface area contributed by atoms with Crippen molar-refractivity contribution in [3.63, 3.8) is 0 Å². The van der Waals surface area contributed by atoms with Gasteiger partial charge in [-0.15, -0.1) is 0 Å². The minimum absolute atomic E-state index is 0.484. The molecule has 1 heterocycles. The molecule has 0 saturated carbocycles. The van der Waals surface area contributed by atoms with Gasteiger partial charge in [0.2, 0.25) is 0 Å². The maximum absolute atomic E-state index is 9.73. The van der Waals surface area contributed by atoms with E-state index in [1.54, 1.807) is 6.20 Å². The van der Waals surface area contributed by atoms with Crippen molar-refractivity contribution in [2.45, 2.75) is 26.0 Å². The number of benzene rings is 1. The summed E-state index contributed by atoms with van der Waals surface area (Å²) in [5.41, 5.74) is 2.88. The number of nitrogens with zero attached hydrogens (tertiary/aromatic N) is 2. The number of halogens is 1. The van der Waals surface area contributed by atoms with Crippen molar-refractivity contribution < 1.29 is 5.11 Å². The zero-order chi connectivity index (χ0) is 14.5. The van der Waals surface area contributed by atoms with Crippen LogP contribution in [0.2, 0.25) is 5.02 Å². The molecule has 0 fully saturated rings. The first-order valence-electron chi connectivity index (χ1n) is 6.69. The highest BCUT2D eigenvalue weighted by molar-refractivity contribution is 6.30. The number of aliphatic hydroxyl groups is 1. The van der Waals surface area contributed by atoms with Gasteiger partial charge in [-0.3, -0.25) is 4.98 Å². The molecule has 0 bridgehead atoms. The Balaban J connectivity index is 2.07. The molecule has 0 saturated heterocycles. The van der Waals surface area contributed by atoms with Crippen LogP contribution in [0, 0.1) is 0 Å². The fourth-order valence-corrected chi connectivity index (χ4v) is 2.24. The first-order valence-corrected chi connectivity index (χ1v) is 7.07. The topological polar surface area (TPSA) is 36.4 Å². The highest BCUT2D eigenvalue weighted by Gasteiger charge is 2.08. The lowest BCUT2D eigenvalue weighted by atomic mass is 10.1. The van der Waals surface area contributed by atoms with E-state index in [2.05, 4.69) is 9.88 Å². The van der Waals surface area contributed by atoms with Gasteiger partial charge < -0.3 is 10.0 Å². The van der Waals surface area contributed by atoms with Crippen LogP contribution >= 0.6 is 11.6 Å². The Kier molecular flexibility index (Phi) is 4.99. The van der Waals surface area contributed by atoms with Gasteiger partial charge in [-0.1, -0.05) is 30.7 Å². The van der Waals surface area contributed by atoms with Crippen LogP contribution in [0.4, 0.5) is 5.69 Å². The van der Waals surface area contributed by atoms with Crippen LogP contribution in [0.15, 0.2) is 42.6 Å². The molecule has 0 amide bonds. The molecule has 2 rings (SSSR count). The molecule has 0 aliphatic carbocycles. The fourth-order valence-electron chi connectivity index (χ4n) is 2.03. The third kappa shape index (κ3) is 3.71. The van der Waals surface area contributed by atoms with Gasteiger partial charge in [-0.25, -0.2) is 0 Å². The van der Waals surface area contributed by atoms with Gasteiger partial charge in [0, 0.05) is 18.6 Å². The van der Waals surface area contributed by atoms with Gasteiger partial charge in [-0.2, -0.15) is 0 Å². The number of rotatable bonds is 5. The molecule has 0 aliphatic rings. The Hall–Kier alpha value is -1.58. The number of anilines is 1. The Labute approximate surface area is 124 Å². The highest BCUT2D eigenvalue weighted by Crippen LogP contribution is 2.20. The first-order chi connectivity index (χ1) is 9.60. The molecule has 1 unspecified atom stereocenters. The number of aromatic nitrogens is 1. The highest BCUT2D eigenvalue weighted by atomic mass is 35.5. The zero-order valence-electron chi connectivity index (χ0n) is 11.8. The van der Waals surface area contributed by atoms with Crippen molar-refractivity contribution >= 4 is 17.3 Å². The van der Waals surface area contributed by atoms with Crippen molar-refractivity contribution in [1.82, 2.24) is 4.98 Å². The maximum atomic E-state index is 9.73. The van der Waals surface area contributed by atoms with E-state index in [-0.39, 0.29) is 0 Å². The predicted octanol–water partition coefficient (Wildman–Crippen LogP) is 3.81. The van der Waals surface area contributed by atoms with Crippen LogP contribution in [0.25, 0.3) is 0 Å². The second kappa shape index (κ2) is 6.73. The Morgan fingerprint density at radius 1 is 1.30 bits per heavy atom. The molecule has 2 aromatic rings. The van der Waals surface area contributed by atoms with E-state index in [4.69, 9.17) is 11.6 Å². The van der Waals surface area contributed by atoms with E-state index in [1.165, 1.54) is 0 Å². The SMILES string of the molecule is CCC(O)c1ccc(N(C)Cc2cccc(Cl)c2)cn1. The Bertz CT molecular complexity index is 557. The lowest BCUT2D eigenvalue weighted by molar-refractivity contribution is 0.169. The Morgan fingerprint density at radius 3 is 2.70 bits per heavy atom. The van der Waals surface area contributed by atoms with Gasteiger partial charge >= 0.3 is 0 Å². The van der Waals surface area contributed by atoms with Crippen LogP contribution in [-0.4, -0.2) is 17.1 Å². The zero-order valence-corrected chi connectivity index (χ0v) is 12.5. The van der Waals surface area contributed by atoms with Gasteiger partial charge in [-0.05, 0) is 36.2 Å². The summed E-state index contributed by atoms with van der Waals surface area (Å²) in [6.45, 7) is 2.70. The van der Waals surface area contributed by atoms with Gasteiger partial charge in [0.15, 0.2) is 0 Å². The van der Waals surface area contributed by atoms with Crippen LogP contribution in [-0.2, 0) is 6.54 Å². The summed E-state index contributed by atoms with van der Waals surface area (Å²) in [4.78, 5) is 6.41.